The maximum atomic E-state index is 12.3. The molecule has 0 bridgehead atoms. The van der Waals surface area contributed by atoms with E-state index < -0.39 is 20.9 Å². The summed E-state index contributed by atoms with van der Waals surface area (Å²) in [5.74, 6) is -0.903. The van der Waals surface area contributed by atoms with Crippen molar-refractivity contribution in [2.24, 2.45) is 5.92 Å². The van der Waals surface area contributed by atoms with Crippen molar-refractivity contribution in [3.8, 4) is 0 Å². The van der Waals surface area contributed by atoms with Crippen LogP contribution in [0.5, 0.6) is 0 Å². The SMILES string of the molecule is Cc1cc([N+](=O)[O-])ccc1S(=O)(=O)NC(=O)[C@H]1CC=CCC1. The van der Waals surface area contributed by atoms with Gasteiger partial charge >= 0.3 is 0 Å². The molecule has 1 amide bonds. The van der Waals surface area contributed by atoms with Gasteiger partial charge in [-0.2, -0.15) is 0 Å². The lowest BCUT2D eigenvalue weighted by atomic mass is 9.94. The predicted octanol–water partition coefficient (Wildman–Crippen LogP) is 2.06. The normalized spacial score (nSPS) is 18.0. The minimum Gasteiger partial charge on any atom is -0.274 e. The number of rotatable bonds is 4. The van der Waals surface area contributed by atoms with E-state index in [0.717, 1.165) is 18.6 Å². The molecule has 0 aromatic heterocycles. The van der Waals surface area contributed by atoms with Crippen molar-refractivity contribution in [2.45, 2.75) is 31.1 Å². The largest absolute Gasteiger partial charge is 0.274 e. The number of nitro groups is 1. The lowest BCUT2D eigenvalue weighted by molar-refractivity contribution is -0.385. The molecular formula is C14H16N2O5S. The number of nitrogens with one attached hydrogen (secondary N) is 1. The lowest BCUT2D eigenvalue weighted by Crippen LogP contribution is -2.36. The third-order valence-electron chi connectivity index (χ3n) is 3.53. The van der Waals surface area contributed by atoms with Crippen molar-refractivity contribution >= 4 is 21.6 Å². The van der Waals surface area contributed by atoms with E-state index in [2.05, 4.69) is 4.72 Å². The molecule has 22 heavy (non-hydrogen) atoms. The van der Waals surface area contributed by atoms with Gasteiger partial charge in [0.2, 0.25) is 5.91 Å². The van der Waals surface area contributed by atoms with E-state index in [4.69, 9.17) is 0 Å². The second kappa shape index (κ2) is 6.27. The zero-order valence-electron chi connectivity index (χ0n) is 12.0. The Bertz CT molecular complexity index is 740. The molecule has 1 N–H and O–H groups in total. The predicted molar refractivity (Wildman–Crippen MR) is 79.6 cm³/mol. The summed E-state index contributed by atoms with van der Waals surface area (Å²) < 4.78 is 26.6. The number of sulfonamides is 1. The first kappa shape index (κ1) is 16.2. The van der Waals surface area contributed by atoms with Crippen LogP contribution in [0.15, 0.2) is 35.2 Å². The molecule has 0 saturated carbocycles. The molecule has 0 saturated heterocycles. The summed E-state index contributed by atoms with van der Waals surface area (Å²) in [7, 11) is -4.03. The van der Waals surface area contributed by atoms with Crippen molar-refractivity contribution in [1.29, 1.82) is 0 Å². The van der Waals surface area contributed by atoms with E-state index in [1.54, 1.807) is 0 Å². The van der Waals surface area contributed by atoms with Gasteiger partial charge in [0.05, 0.1) is 9.82 Å². The van der Waals surface area contributed by atoms with E-state index in [9.17, 15) is 23.3 Å². The summed E-state index contributed by atoms with van der Waals surface area (Å²) in [6, 6.07) is 3.42. The third kappa shape index (κ3) is 3.51. The highest BCUT2D eigenvalue weighted by Crippen LogP contribution is 2.23. The van der Waals surface area contributed by atoms with E-state index >= 15 is 0 Å². The van der Waals surface area contributed by atoms with Gasteiger partial charge in [-0.1, -0.05) is 12.2 Å². The van der Waals surface area contributed by atoms with Crippen LogP contribution in [0.1, 0.15) is 24.8 Å². The highest BCUT2D eigenvalue weighted by molar-refractivity contribution is 7.90. The smallest absolute Gasteiger partial charge is 0.269 e. The molecule has 1 aliphatic rings. The van der Waals surface area contributed by atoms with Crippen molar-refractivity contribution < 1.29 is 18.1 Å². The van der Waals surface area contributed by atoms with Gasteiger partial charge in [0.1, 0.15) is 0 Å². The number of amides is 1. The summed E-state index contributed by atoms with van der Waals surface area (Å²) in [6.07, 6.45) is 5.68. The first-order chi connectivity index (χ1) is 10.3. The Hall–Kier alpha value is -2.22. The number of non-ortho nitro benzene ring substituents is 1. The van der Waals surface area contributed by atoms with Crippen molar-refractivity contribution in [2.75, 3.05) is 0 Å². The van der Waals surface area contributed by atoms with Gasteiger partial charge in [0.15, 0.2) is 0 Å². The Labute approximate surface area is 128 Å². The molecule has 8 heteroatoms. The van der Waals surface area contributed by atoms with Gasteiger partial charge in [0, 0.05) is 18.1 Å². The third-order valence-corrected chi connectivity index (χ3v) is 5.04. The molecule has 7 nitrogen and oxygen atoms in total. The minimum atomic E-state index is -4.03. The number of nitro benzene ring substituents is 1. The lowest BCUT2D eigenvalue weighted by Gasteiger charge is -2.17. The molecule has 0 unspecified atom stereocenters. The average molecular weight is 324 g/mol. The van der Waals surface area contributed by atoms with Crippen LogP contribution in [0, 0.1) is 23.0 Å². The van der Waals surface area contributed by atoms with Crippen molar-refractivity contribution in [3.05, 3.63) is 46.0 Å². The number of aryl methyl sites for hydroxylation is 1. The molecule has 0 spiro atoms. The molecular weight excluding hydrogens is 308 g/mol. The highest BCUT2D eigenvalue weighted by atomic mass is 32.2. The van der Waals surface area contributed by atoms with Crippen LogP contribution < -0.4 is 4.72 Å². The van der Waals surface area contributed by atoms with E-state index in [0.29, 0.717) is 12.8 Å². The van der Waals surface area contributed by atoms with Crippen LogP contribution >= 0.6 is 0 Å². The molecule has 118 valence electrons. The number of hydrogen-bond donors (Lipinski definition) is 1. The van der Waals surface area contributed by atoms with Crippen LogP contribution in [0.25, 0.3) is 0 Å². The summed E-state index contributed by atoms with van der Waals surface area (Å²) in [5, 5.41) is 10.7. The van der Waals surface area contributed by atoms with Crippen LogP contribution in [0.2, 0.25) is 0 Å². The van der Waals surface area contributed by atoms with Gasteiger partial charge in [-0.05, 0) is 37.8 Å². The summed E-state index contributed by atoms with van der Waals surface area (Å²) in [6.45, 7) is 1.45. The number of nitrogens with zero attached hydrogens (tertiary/aromatic N) is 1. The maximum Gasteiger partial charge on any atom is 0.269 e. The van der Waals surface area contributed by atoms with E-state index in [1.165, 1.54) is 13.0 Å². The molecule has 2 rings (SSSR count). The zero-order chi connectivity index (χ0) is 16.3. The molecule has 1 aliphatic carbocycles. The fourth-order valence-corrected chi connectivity index (χ4v) is 3.62. The zero-order valence-corrected chi connectivity index (χ0v) is 12.8. The van der Waals surface area contributed by atoms with Crippen LogP contribution in [-0.2, 0) is 14.8 Å². The second-order valence-corrected chi connectivity index (χ2v) is 6.81. The highest BCUT2D eigenvalue weighted by Gasteiger charge is 2.26. The number of hydrogen-bond acceptors (Lipinski definition) is 5. The van der Waals surface area contributed by atoms with Crippen LogP contribution in [-0.4, -0.2) is 19.2 Å². The molecule has 1 aromatic rings. The monoisotopic (exact) mass is 324 g/mol. The first-order valence-electron chi connectivity index (χ1n) is 6.78. The Morgan fingerprint density at radius 1 is 1.36 bits per heavy atom. The Morgan fingerprint density at radius 2 is 2.09 bits per heavy atom. The molecule has 0 radical (unpaired) electrons. The van der Waals surface area contributed by atoms with Crippen LogP contribution in [0.3, 0.4) is 0 Å². The maximum absolute atomic E-state index is 12.3. The minimum absolute atomic E-state index is 0.127. The van der Waals surface area contributed by atoms with Crippen molar-refractivity contribution in [3.63, 3.8) is 0 Å². The fraction of sp³-hybridized carbons (Fsp3) is 0.357. The van der Waals surface area contributed by atoms with Gasteiger partial charge in [-0.15, -0.1) is 0 Å². The Morgan fingerprint density at radius 3 is 2.64 bits per heavy atom. The van der Waals surface area contributed by atoms with Gasteiger partial charge in [-0.3, -0.25) is 14.9 Å². The summed E-state index contributed by atoms with van der Waals surface area (Å²) >= 11 is 0. The number of benzene rings is 1. The Balaban J connectivity index is 2.21. The first-order valence-corrected chi connectivity index (χ1v) is 8.26. The Kier molecular flexibility index (Phi) is 4.60. The molecule has 0 fully saturated rings. The van der Waals surface area contributed by atoms with E-state index in [1.807, 2.05) is 12.2 Å². The van der Waals surface area contributed by atoms with Gasteiger partial charge < -0.3 is 0 Å². The molecule has 0 aliphatic heterocycles. The van der Waals surface area contributed by atoms with E-state index in [-0.39, 0.29) is 22.1 Å². The molecule has 1 aromatic carbocycles. The number of carbonyl (C=O) groups is 1. The standard InChI is InChI=1S/C14H16N2O5S/c1-10-9-12(16(18)19)7-8-13(10)22(20,21)15-14(17)11-5-3-2-4-6-11/h2-3,7-9,11H,4-6H2,1H3,(H,15,17)/t11-/m0/s1. The van der Waals surface area contributed by atoms with Gasteiger partial charge in [0.25, 0.3) is 15.7 Å². The van der Waals surface area contributed by atoms with Gasteiger partial charge in [-0.25, -0.2) is 13.1 Å². The summed E-state index contributed by atoms with van der Waals surface area (Å²) in [4.78, 5) is 22.0. The molecule has 1 atom stereocenters. The number of carbonyl (C=O) groups excluding carboxylic acids is 1. The quantitative estimate of drug-likeness (QED) is 0.518. The van der Waals surface area contributed by atoms with Crippen molar-refractivity contribution in [1.82, 2.24) is 4.72 Å². The topological polar surface area (TPSA) is 106 Å². The average Bonchev–Trinajstić information content (AvgIpc) is 2.47. The summed E-state index contributed by atoms with van der Waals surface area (Å²) in [5.41, 5.74) is 0.0261. The number of allylic oxidation sites excluding steroid dienone is 2. The second-order valence-electron chi connectivity index (χ2n) is 5.16. The fourth-order valence-electron chi connectivity index (χ4n) is 2.35. The molecule has 0 heterocycles. The van der Waals surface area contributed by atoms with Crippen LogP contribution in [0.4, 0.5) is 5.69 Å².